The number of aryl methyl sites for hydroxylation is 1. The van der Waals surface area contributed by atoms with Gasteiger partial charge in [0, 0.05) is 20.6 Å². The largest absolute Gasteiger partial charge is 0.328 e. The van der Waals surface area contributed by atoms with E-state index < -0.39 is 0 Å². The molecule has 0 atom stereocenters. The molecule has 0 amide bonds. The summed E-state index contributed by atoms with van der Waals surface area (Å²) in [5, 5.41) is 10.6. The van der Waals surface area contributed by atoms with Crippen LogP contribution in [0.4, 0.5) is 11.4 Å². The van der Waals surface area contributed by atoms with E-state index in [4.69, 9.17) is 0 Å². The Morgan fingerprint density at radius 2 is 1.69 bits per heavy atom. The number of nitrogens with zero attached hydrogens (tertiary/aromatic N) is 5. The van der Waals surface area contributed by atoms with Gasteiger partial charge in [-0.15, -0.1) is 0 Å². The summed E-state index contributed by atoms with van der Waals surface area (Å²) in [4.78, 5) is 21.5. The van der Waals surface area contributed by atoms with Crippen LogP contribution < -0.4 is 9.80 Å². The molecule has 0 radical (unpaired) electrons. The zero-order chi connectivity index (χ0) is 20.5. The topological polar surface area (TPSA) is 65.2 Å². The molecule has 1 aliphatic heterocycles. The van der Waals surface area contributed by atoms with Crippen LogP contribution in [0.25, 0.3) is 11.0 Å². The lowest BCUT2D eigenvalue weighted by atomic mass is 10.2. The highest BCUT2D eigenvalue weighted by Gasteiger charge is 2.31. The van der Waals surface area contributed by atoms with Crippen LogP contribution in [0, 0.1) is 11.3 Å². The number of rotatable bonds is 5. The van der Waals surface area contributed by atoms with Crippen molar-refractivity contribution < 1.29 is 4.79 Å². The van der Waals surface area contributed by atoms with Gasteiger partial charge < -0.3 is 14.4 Å². The van der Waals surface area contributed by atoms with Gasteiger partial charge in [0.2, 0.25) is 0 Å². The molecule has 6 nitrogen and oxygen atoms in total. The van der Waals surface area contributed by atoms with Gasteiger partial charge in [0.25, 0.3) is 0 Å². The van der Waals surface area contributed by atoms with Crippen LogP contribution in [-0.4, -0.2) is 35.2 Å². The molecule has 0 saturated carbocycles. The van der Waals surface area contributed by atoms with Gasteiger partial charge in [0.1, 0.15) is 17.5 Å². The Bertz CT molecular complexity index is 1140. The summed E-state index contributed by atoms with van der Waals surface area (Å²) in [7, 11) is 3.76. The maximum absolute atomic E-state index is 13.0. The number of allylic oxidation sites excluding steroid dienone is 1. The maximum Gasteiger partial charge on any atom is 0.187 e. The number of fused-ring (bicyclic) bond motifs is 2. The van der Waals surface area contributed by atoms with Crippen molar-refractivity contribution in [3.8, 4) is 6.07 Å². The van der Waals surface area contributed by atoms with Crippen LogP contribution in [0.1, 0.15) is 6.92 Å². The molecule has 2 heterocycles. The van der Waals surface area contributed by atoms with Crippen LogP contribution in [0.15, 0.2) is 65.1 Å². The van der Waals surface area contributed by atoms with Crippen molar-refractivity contribution in [2.24, 2.45) is 0 Å². The molecular formula is C22H21N5OS. The first-order chi connectivity index (χ1) is 14.1. The summed E-state index contributed by atoms with van der Waals surface area (Å²) < 4.78 is 2.09. The van der Waals surface area contributed by atoms with Gasteiger partial charge in [-0.3, -0.25) is 4.79 Å². The number of imidazole rings is 1. The fourth-order valence-corrected chi connectivity index (χ4v) is 4.68. The second-order valence-electron chi connectivity index (χ2n) is 6.76. The lowest BCUT2D eigenvalue weighted by Crippen LogP contribution is -2.26. The van der Waals surface area contributed by atoms with E-state index in [1.54, 1.807) is 0 Å². The third kappa shape index (κ3) is 3.15. The molecule has 1 aromatic heterocycles. The van der Waals surface area contributed by atoms with Gasteiger partial charge in [-0.1, -0.05) is 36.0 Å². The van der Waals surface area contributed by atoms with Gasteiger partial charge in [-0.2, -0.15) is 5.26 Å². The number of anilines is 2. The molecule has 0 bridgehead atoms. The zero-order valence-corrected chi connectivity index (χ0v) is 17.4. The first-order valence-corrected chi connectivity index (χ1v) is 10.4. The minimum Gasteiger partial charge on any atom is -0.328 e. The molecule has 0 saturated heterocycles. The van der Waals surface area contributed by atoms with Gasteiger partial charge >= 0.3 is 0 Å². The van der Waals surface area contributed by atoms with Crippen LogP contribution in [-0.2, 0) is 11.3 Å². The van der Waals surface area contributed by atoms with E-state index in [2.05, 4.69) is 22.5 Å². The van der Waals surface area contributed by atoms with E-state index in [0.29, 0.717) is 5.82 Å². The minimum atomic E-state index is -0.200. The summed E-state index contributed by atoms with van der Waals surface area (Å²) in [5.74, 6) is 0.574. The van der Waals surface area contributed by atoms with Crippen molar-refractivity contribution in [1.29, 1.82) is 5.26 Å². The second kappa shape index (κ2) is 7.64. The molecule has 0 fully saturated rings. The second-order valence-corrected chi connectivity index (χ2v) is 7.70. The van der Waals surface area contributed by atoms with Gasteiger partial charge in [0.05, 0.1) is 28.2 Å². The first-order valence-electron chi connectivity index (χ1n) is 9.39. The molecule has 146 valence electrons. The summed E-state index contributed by atoms with van der Waals surface area (Å²) in [6, 6.07) is 17.9. The number of para-hydroxylation sites is 4. The molecule has 0 N–H and O–H groups in total. The van der Waals surface area contributed by atoms with Crippen molar-refractivity contribution in [1.82, 2.24) is 9.55 Å². The molecular weight excluding hydrogens is 382 g/mol. The van der Waals surface area contributed by atoms with Crippen molar-refractivity contribution in [2.75, 3.05) is 29.6 Å². The zero-order valence-electron chi connectivity index (χ0n) is 16.6. The third-order valence-corrected chi connectivity index (χ3v) is 6.10. The van der Waals surface area contributed by atoms with E-state index in [-0.39, 0.29) is 17.1 Å². The monoisotopic (exact) mass is 403 g/mol. The number of carbonyl (C=O) groups is 1. The highest BCUT2D eigenvalue weighted by molar-refractivity contribution is 7.99. The molecule has 7 heteroatoms. The minimum absolute atomic E-state index is 0.160. The van der Waals surface area contributed by atoms with E-state index in [1.165, 1.54) is 11.8 Å². The average Bonchev–Trinajstić information content (AvgIpc) is 3.23. The molecule has 4 rings (SSSR count). The van der Waals surface area contributed by atoms with E-state index >= 15 is 0 Å². The van der Waals surface area contributed by atoms with Crippen molar-refractivity contribution >= 4 is 40.0 Å². The molecule has 1 aliphatic rings. The Morgan fingerprint density at radius 3 is 2.31 bits per heavy atom. The van der Waals surface area contributed by atoms with E-state index in [9.17, 15) is 10.1 Å². The van der Waals surface area contributed by atoms with Crippen molar-refractivity contribution in [3.05, 3.63) is 59.9 Å². The van der Waals surface area contributed by atoms with Crippen LogP contribution in [0.5, 0.6) is 0 Å². The SMILES string of the molecule is CCn1c(SCC(=O)C(C#N)=C2N(C)c3ccccc3N2C)nc2ccccc21. The first kappa shape index (κ1) is 19.1. The smallest absolute Gasteiger partial charge is 0.187 e. The van der Waals surface area contributed by atoms with Gasteiger partial charge in [-0.25, -0.2) is 4.98 Å². The fourth-order valence-electron chi connectivity index (χ4n) is 3.73. The summed E-state index contributed by atoms with van der Waals surface area (Å²) >= 11 is 1.37. The molecule has 29 heavy (non-hydrogen) atoms. The maximum atomic E-state index is 13.0. The Morgan fingerprint density at radius 1 is 1.07 bits per heavy atom. The fraction of sp³-hybridized carbons (Fsp3) is 0.227. The van der Waals surface area contributed by atoms with Crippen LogP contribution in [0.2, 0.25) is 0 Å². The quantitative estimate of drug-likeness (QED) is 0.364. The lowest BCUT2D eigenvalue weighted by molar-refractivity contribution is -0.112. The number of thioether (sulfide) groups is 1. The van der Waals surface area contributed by atoms with Crippen LogP contribution in [0.3, 0.4) is 0 Å². The molecule has 0 aliphatic carbocycles. The Labute approximate surface area is 174 Å². The number of aromatic nitrogens is 2. The Balaban J connectivity index is 1.62. The number of hydrogen-bond acceptors (Lipinski definition) is 6. The summed E-state index contributed by atoms with van der Waals surface area (Å²) in [5.41, 5.74) is 4.08. The molecule has 0 spiro atoms. The number of Topliss-reactive ketones (excluding diaryl/α,β-unsaturated/α-hetero) is 1. The van der Waals surface area contributed by atoms with E-state index in [0.717, 1.165) is 34.1 Å². The number of nitriles is 1. The Kier molecular flexibility index (Phi) is 5.03. The highest BCUT2D eigenvalue weighted by Crippen LogP contribution is 2.40. The average molecular weight is 404 g/mol. The normalized spacial score (nSPS) is 13.0. The van der Waals surface area contributed by atoms with Gasteiger partial charge in [0.15, 0.2) is 10.9 Å². The van der Waals surface area contributed by atoms with Crippen molar-refractivity contribution in [2.45, 2.75) is 18.6 Å². The van der Waals surface area contributed by atoms with Crippen molar-refractivity contribution in [3.63, 3.8) is 0 Å². The summed E-state index contributed by atoms with van der Waals surface area (Å²) in [6.45, 7) is 2.83. The third-order valence-electron chi connectivity index (χ3n) is 5.12. The summed E-state index contributed by atoms with van der Waals surface area (Å²) in [6.07, 6.45) is 0. The standard InChI is InChI=1S/C22H21N5OS/c1-4-27-17-10-6-5-9-16(17)24-22(27)29-14-20(28)15(13-23)21-25(2)18-11-7-8-12-19(18)26(21)3/h5-12H,4,14H2,1-3H3. The van der Waals surface area contributed by atoms with Crippen LogP contribution >= 0.6 is 11.8 Å². The predicted octanol–water partition coefficient (Wildman–Crippen LogP) is 4.04. The number of hydrogen-bond donors (Lipinski definition) is 0. The molecule has 2 aromatic carbocycles. The Hall–Kier alpha value is -3.24. The molecule has 3 aromatic rings. The number of ketones is 1. The number of benzene rings is 2. The number of carbonyl (C=O) groups excluding carboxylic acids is 1. The lowest BCUT2D eigenvalue weighted by Gasteiger charge is -2.19. The van der Waals surface area contributed by atoms with Gasteiger partial charge in [-0.05, 0) is 31.2 Å². The van der Waals surface area contributed by atoms with E-state index in [1.807, 2.05) is 72.4 Å². The highest BCUT2D eigenvalue weighted by atomic mass is 32.2. The predicted molar refractivity (Wildman–Crippen MR) is 117 cm³/mol. The molecule has 0 unspecified atom stereocenters.